The summed E-state index contributed by atoms with van der Waals surface area (Å²) < 4.78 is 3.20. The van der Waals surface area contributed by atoms with Crippen molar-refractivity contribution in [3.63, 3.8) is 0 Å². The summed E-state index contributed by atoms with van der Waals surface area (Å²) in [6.07, 6.45) is 8.02. The van der Waals surface area contributed by atoms with Crippen LogP contribution in [0.1, 0.15) is 25.3 Å². The zero-order chi connectivity index (χ0) is 16.8. The summed E-state index contributed by atoms with van der Waals surface area (Å²) in [5, 5.41) is 6.73. The fourth-order valence-corrected chi connectivity index (χ4v) is 3.20. The second kappa shape index (κ2) is 7.83. The van der Waals surface area contributed by atoms with E-state index in [4.69, 9.17) is 4.99 Å². The SMILES string of the molecule is CCNC(=NCC1(c2cccc(Br)c2)CC1)NCCn1ccnc1. The molecule has 0 unspecified atom stereocenters. The van der Waals surface area contributed by atoms with Crippen LogP contribution in [0.5, 0.6) is 0 Å². The van der Waals surface area contributed by atoms with Gasteiger partial charge in [-0.15, -0.1) is 0 Å². The van der Waals surface area contributed by atoms with Gasteiger partial charge in [-0.3, -0.25) is 4.99 Å². The van der Waals surface area contributed by atoms with Crippen molar-refractivity contribution in [3.05, 3.63) is 53.0 Å². The summed E-state index contributed by atoms with van der Waals surface area (Å²) in [5.74, 6) is 0.888. The van der Waals surface area contributed by atoms with Gasteiger partial charge in [-0.05, 0) is 37.5 Å². The van der Waals surface area contributed by atoms with Crippen molar-refractivity contribution >= 4 is 21.9 Å². The molecule has 0 bridgehead atoms. The Bertz CT molecular complexity index is 676. The lowest BCUT2D eigenvalue weighted by atomic mass is 9.96. The molecule has 1 aliphatic rings. The van der Waals surface area contributed by atoms with E-state index in [1.807, 2.05) is 12.5 Å². The van der Waals surface area contributed by atoms with Crippen LogP contribution in [0.4, 0.5) is 0 Å². The van der Waals surface area contributed by atoms with Gasteiger partial charge in [0.1, 0.15) is 0 Å². The zero-order valence-electron chi connectivity index (χ0n) is 14.0. The Kier molecular flexibility index (Phi) is 5.56. The van der Waals surface area contributed by atoms with Gasteiger partial charge in [0.15, 0.2) is 5.96 Å². The van der Waals surface area contributed by atoms with Crippen LogP contribution in [-0.4, -0.2) is 35.1 Å². The van der Waals surface area contributed by atoms with Gasteiger partial charge in [-0.1, -0.05) is 28.1 Å². The molecule has 0 aliphatic heterocycles. The third-order valence-electron chi connectivity index (χ3n) is 4.40. The molecule has 0 radical (unpaired) electrons. The highest BCUT2D eigenvalue weighted by Crippen LogP contribution is 2.48. The second-order valence-electron chi connectivity index (χ2n) is 6.21. The molecule has 128 valence electrons. The lowest BCUT2D eigenvalue weighted by Gasteiger charge is -2.16. The van der Waals surface area contributed by atoms with Gasteiger partial charge < -0.3 is 15.2 Å². The predicted octanol–water partition coefficient (Wildman–Crippen LogP) is 2.93. The molecule has 3 rings (SSSR count). The van der Waals surface area contributed by atoms with Crippen molar-refractivity contribution in [3.8, 4) is 0 Å². The van der Waals surface area contributed by atoms with Gasteiger partial charge in [0.05, 0.1) is 12.9 Å². The van der Waals surface area contributed by atoms with E-state index in [2.05, 4.69) is 67.3 Å². The molecule has 2 aromatic rings. The van der Waals surface area contributed by atoms with E-state index in [-0.39, 0.29) is 5.41 Å². The second-order valence-corrected chi connectivity index (χ2v) is 7.13. The van der Waals surface area contributed by atoms with E-state index in [0.717, 1.165) is 36.6 Å². The first kappa shape index (κ1) is 17.0. The number of hydrogen-bond acceptors (Lipinski definition) is 2. The molecule has 1 aromatic carbocycles. The first-order valence-electron chi connectivity index (χ1n) is 8.46. The number of halogens is 1. The number of imidazole rings is 1. The minimum atomic E-state index is 0.219. The van der Waals surface area contributed by atoms with Crippen molar-refractivity contribution < 1.29 is 0 Å². The lowest BCUT2D eigenvalue weighted by Crippen LogP contribution is -2.39. The van der Waals surface area contributed by atoms with Crippen molar-refractivity contribution in [2.45, 2.75) is 31.7 Å². The van der Waals surface area contributed by atoms with Crippen molar-refractivity contribution in [1.29, 1.82) is 0 Å². The monoisotopic (exact) mass is 389 g/mol. The Morgan fingerprint density at radius 3 is 2.92 bits per heavy atom. The van der Waals surface area contributed by atoms with Gasteiger partial charge in [-0.2, -0.15) is 0 Å². The van der Waals surface area contributed by atoms with Crippen LogP contribution in [0.25, 0.3) is 0 Å². The third-order valence-corrected chi connectivity index (χ3v) is 4.89. The van der Waals surface area contributed by atoms with Crippen LogP contribution in [0.2, 0.25) is 0 Å². The van der Waals surface area contributed by atoms with Gasteiger partial charge in [0.25, 0.3) is 0 Å². The van der Waals surface area contributed by atoms with Gasteiger partial charge in [-0.25, -0.2) is 4.98 Å². The average molecular weight is 390 g/mol. The minimum Gasteiger partial charge on any atom is -0.357 e. The van der Waals surface area contributed by atoms with Crippen LogP contribution in [0.3, 0.4) is 0 Å². The number of rotatable bonds is 7. The molecular formula is C18H24BrN5. The van der Waals surface area contributed by atoms with E-state index < -0.39 is 0 Å². The van der Waals surface area contributed by atoms with E-state index in [1.54, 1.807) is 6.20 Å². The first-order valence-corrected chi connectivity index (χ1v) is 9.25. The number of hydrogen-bond donors (Lipinski definition) is 2. The molecule has 1 heterocycles. The van der Waals surface area contributed by atoms with Gasteiger partial charge in [0, 0.05) is 41.9 Å². The van der Waals surface area contributed by atoms with Crippen molar-refractivity contribution in [2.24, 2.45) is 4.99 Å². The van der Waals surface area contributed by atoms with Gasteiger partial charge in [0.2, 0.25) is 0 Å². The third kappa shape index (κ3) is 4.38. The van der Waals surface area contributed by atoms with Gasteiger partial charge >= 0.3 is 0 Å². The smallest absolute Gasteiger partial charge is 0.191 e. The Morgan fingerprint density at radius 2 is 2.25 bits per heavy atom. The summed E-state index contributed by atoms with van der Waals surface area (Å²) in [5.41, 5.74) is 1.60. The topological polar surface area (TPSA) is 54.2 Å². The molecule has 1 aliphatic carbocycles. The largest absolute Gasteiger partial charge is 0.357 e. The summed E-state index contributed by atoms with van der Waals surface area (Å²) in [4.78, 5) is 8.89. The number of benzene rings is 1. The molecule has 1 aromatic heterocycles. The van der Waals surface area contributed by atoms with Crippen LogP contribution in [0, 0.1) is 0 Å². The molecular weight excluding hydrogens is 366 g/mol. The highest BCUT2D eigenvalue weighted by Gasteiger charge is 2.44. The lowest BCUT2D eigenvalue weighted by molar-refractivity contribution is 0.653. The Labute approximate surface area is 151 Å². The summed E-state index contributed by atoms with van der Waals surface area (Å²) >= 11 is 3.57. The Balaban J connectivity index is 1.59. The van der Waals surface area contributed by atoms with E-state index in [0.29, 0.717) is 0 Å². The van der Waals surface area contributed by atoms with E-state index in [9.17, 15) is 0 Å². The van der Waals surface area contributed by atoms with E-state index >= 15 is 0 Å². The summed E-state index contributed by atoms with van der Waals surface area (Å²) in [7, 11) is 0. The summed E-state index contributed by atoms with van der Waals surface area (Å²) in [6, 6.07) is 8.62. The normalized spacial score (nSPS) is 16.0. The molecule has 0 amide bonds. The molecule has 5 nitrogen and oxygen atoms in total. The maximum atomic E-state index is 4.83. The number of nitrogens with one attached hydrogen (secondary N) is 2. The summed E-state index contributed by atoms with van der Waals surface area (Å²) in [6.45, 7) is 5.48. The number of aliphatic imine (C=N–C) groups is 1. The quantitative estimate of drug-likeness (QED) is 0.565. The highest BCUT2D eigenvalue weighted by atomic mass is 79.9. The fraction of sp³-hybridized carbons (Fsp3) is 0.444. The molecule has 1 saturated carbocycles. The maximum Gasteiger partial charge on any atom is 0.191 e. The van der Waals surface area contributed by atoms with Crippen LogP contribution >= 0.6 is 15.9 Å². The van der Waals surface area contributed by atoms with Crippen LogP contribution < -0.4 is 10.6 Å². The van der Waals surface area contributed by atoms with Crippen molar-refractivity contribution in [2.75, 3.05) is 19.6 Å². The Hall–Kier alpha value is -1.82. The zero-order valence-corrected chi connectivity index (χ0v) is 15.6. The highest BCUT2D eigenvalue weighted by molar-refractivity contribution is 9.10. The maximum absolute atomic E-state index is 4.83. The fourth-order valence-electron chi connectivity index (χ4n) is 2.80. The number of aromatic nitrogens is 2. The minimum absolute atomic E-state index is 0.219. The molecule has 6 heteroatoms. The van der Waals surface area contributed by atoms with Crippen LogP contribution in [-0.2, 0) is 12.0 Å². The van der Waals surface area contributed by atoms with Crippen molar-refractivity contribution in [1.82, 2.24) is 20.2 Å². The molecule has 0 spiro atoms. The predicted molar refractivity (Wildman–Crippen MR) is 101 cm³/mol. The standard InChI is InChI=1S/C18H24BrN5/c1-2-21-17(22-9-11-24-10-8-20-14-24)23-13-18(6-7-18)15-4-3-5-16(19)12-15/h3-5,8,10,12,14H,2,6-7,9,11,13H2,1H3,(H2,21,22,23). The van der Waals surface area contributed by atoms with Crippen LogP contribution in [0.15, 0.2) is 52.5 Å². The Morgan fingerprint density at radius 1 is 1.38 bits per heavy atom. The first-order chi connectivity index (χ1) is 11.7. The number of guanidine groups is 1. The molecule has 1 fully saturated rings. The average Bonchev–Trinajstić information content (AvgIpc) is 3.20. The van der Waals surface area contributed by atoms with E-state index in [1.165, 1.54) is 18.4 Å². The molecule has 2 N–H and O–H groups in total. The molecule has 0 atom stereocenters. The molecule has 0 saturated heterocycles. The number of nitrogens with zero attached hydrogens (tertiary/aromatic N) is 3. The molecule has 24 heavy (non-hydrogen) atoms.